The largest absolute Gasteiger partial charge is 0.497 e. The fourth-order valence-corrected chi connectivity index (χ4v) is 3.48. The Morgan fingerprint density at radius 1 is 1.12 bits per heavy atom. The fraction of sp³-hybridized carbons (Fsp3) is 0.316. The molecule has 26 heavy (non-hydrogen) atoms. The monoisotopic (exact) mass is 371 g/mol. The van der Waals surface area contributed by atoms with Gasteiger partial charge in [-0.15, -0.1) is 10.2 Å². The van der Waals surface area contributed by atoms with Crippen LogP contribution in [0.15, 0.2) is 40.1 Å². The third-order valence-corrected chi connectivity index (χ3v) is 4.85. The van der Waals surface area contributed by atoms with Crippen molar-refractivity contribution in [2.45, 2.75) is 31.2 Å². The normalized spacial score (nSPS) is 10.8. The zero-order valence-corrected chi connectivity index (χ0v) is 16.1. The molecule has 2 heterocycles. The van der Waals surface area contributed by atoms with Crippen molar-refractivity contribution in [2.24, 2.45) is 0 Å². The molecule has 0 unspecified atom stereocenters. The van der Waals surface area contributed by atoms with E-state index in [9.17, 15) is 0 Å². The van der Waals surface area contributed by atoms with Crippen molar-refractivity contribution in [3.05, 3.63) is 58.7 Å². The molecule has 6 nitrogen and oxygen atoms in total. The van der Waals surface area contributed by atoms with Gasteiger partial charge in [0.25, 0.3) is 5.22 Å². The van der Waals surface area contributed by atoms with Crippen LogP contribution in [0.2, 0.25) is 0 Å². The van der Waals surface area contributed by atoms with Gasteiger partial charge in [0.15, 0.2) is 0 Å². The number of aromatic nitrogens is 3. The maximum Gasteiger partial charge on any atom is 0.276 e. The van der Waals surface area contributed by atoms with Gasteiger partial charge in [0, 0.05) is 23.1 Å². The molecule has 0 atom stereocenters. The van der Waals surface area contributed by atoms with Crippen molar-refractivity contribution in [2.75, 3.05) is 14.2 Å². The van der Waals surface area contributed by atoms with Gasteiger partial charge in [-0.05, 0) is 31.5 Å². The van der Waals surface area contributed by atoms with Crippen LogP contribution in [0.3, 0.4) is 0 Å². The van der Waals surface area contributed by atoms with Crippen molar-refractivity contribution in [3.8, 4) is 11.5 Å². The zero-order valence-electron chi connectivity index (χ0n) is 15.3. The number of rotatable bonds is 7. The van der Waals surface area contributed by atoms with E-state index in [1.54, 1.807) is 14.2 Å². The van der Waals surface area contributed by atoms with E-state index in [1.807, 2.05) is 44.3 Å². The standard InChI is InChI=1S/C19H21N3O3S/c1-12-10-20-16(13(2)18(12)24-4)11-26-19-22-21-17(25-19)9-14-6-5-7-15(8-14)23-3/h5-8,10H,9,11H2,1-4H3. The molecule has 0 spiro atoms. The number of pyridine rings is 1. The first kappa shape index (κ1) is 18.3. The molecular weight excluding hydrogens is 350 g/mol. The average molecular weight is 371 g/mol. The lowest BCUT2D eigenvalue weighted by Crippen LogP contribution is -1.98. The van der Waals surface area contributed by atoms with Crippen molar-refractivity contribution >= 4 is 11.8 Å². The minimum Gasteiger partial charge on any atom is -0.497 e. The van der Waals surface area contributed by atoms with Crippen LogP contribution in [0.1, 0.15) is 28.3 Å². The first-order valence-electron chi connectivity index (χ1n) is 8.18. The number of methoxy groups -OCH3 is 2. The molecule has 2 aromatic heterocycles. The van der Waals surface area contributed by atoms with Crippen molar-refractivity contribution in [1.29, 1.82) is 0 Å². The van der Waals surface area contributed by atoms with Crippen LogP contribution in [0.5, 0.6) is 11.5 Å². The fourth-order valence-electron chi connectivity index (χ4n) is 2.67. The molecule has 1 aromatic carbocycles. The molecule has 0 fully saturated rings. The highest BCUT2D eigenvalue weighted by Gasteiger charge is 2.13. The topological polar surface area (TPSA) is 70.3 Å². The van der Waals surface area contributed by atoms with Gasteiger partial charge in [0.05, 0.1) is 26.3 Å². The minimum atomic E-state index is 0.531. The number of ether oxygens (including phenoxy) is 2. The SMILES string of the molecule is COc1cccc(Cc2nnc(SCc3ncc(C)c(OC)c3C)o2)c1. The van der Waals surface area contributed by atoms with E-state index in [4.69, 9.17) is 13.9 Å². The predicted octanol–water partition coefficient (Wildman–Crippen LogP) is 3.98. The molecule has 0 amide bonds. The minimum absolute atomic E-state index is 0.531. The predicted molar refractivity (Wildman–Crippen MR) is 99.9 cm³/mol. The summed E-state index contributed by atoms with van der Waals surface area (Å²) in [6.45, 7) is 4.00. The molecule has 0 aliphatic carbocycles. The maximum atomic E-state index is 5.74. The van der Waals surface area contributed by atoms with Gasteiger partial charge in [-0.1, -0.05) is 23.9 Å². The van der Waals surface area contributed by atoms with Gasteiger partial charge >= 0.3 is 0 Å². The number of nitrogens with zero attached hydrogens (tertiary/aromatic N) is 3. The molecule has 3 aromatic rings. The number of aryl methyl sites for hydroxylation is 1. The van der Waals surface area contributed by atoms with Gasteiger partial charge in [-0.3, -0.25) is 4.98 Å². The van der Waals surface area contributed by atoms with Crippen LogP contribution in [-0.4, -0.2) is 29.4 Å². The Morgan fingerprint density at radius 2 is 1.96 bits per heavy atom. The van der Waals surface area contributed by atoms with E-state index in [0.717, 1.165) is 33.9 Å². The summed E-state index contributed by atoms with van der Waals surface area (Å²) in [5.41, 5.74) is 4.07. The van der Waals surface area contributed by atoms with Crippen LogP contribution in [0, 0.1) is 13.8 Å². The number of benzene rings is 1. The lowest BCUT2D eigenvalue weighted by Gasteiger charge is -2.11. The van der Waals surface area contributed by atoms with Crippen LogP contribution < -0.4 is 9.47 Å². The summed E-state index contributed by atoms with van der Waals surface area (Å²) in [7, 11) is 3.33. The maximum absolute atomic E-state index is 5.74. The van der Waals surface area contributed by atoms with E-state index >= 15 is 0 Å². The molecule has 136 valence electrons. The second-order valence-electron chi connectivity index (χ2n) is 5.82. The van der Waals surface area contributed by atoms with Crippen LogP contribution in [0.25, 0.3) is 0 Å². The van der Waals surface area contributed by atoms with Crippen molar-refractivity contribution in [1.82, 2.24) is 15.2 Å². The quantitative estimate of drug-likeness (QED) is 0.582. The number of hydrogen-bond donors (Lipinski definition) is 0. The first-order valence-corrected chi connectivity index (χ1v) is 9.16. The van der Waals surface area contributed by atoms with Crippen molar-refractivity contribution < 1.29 is 13.9 Å². The van der Waals surface area contributed by atoms with Crippen LogP contribution in [-0.2, 0) is 12.2 Å². The van der Waals surface area contributed by atoms with Crippen LogP contribution in [0.4, 0.5) is 0 Å². The highest BCUT2D eigenvalue weighted by atomic mass is 32.2. The molecule has 0 radical (unpaired) electrons. The summed E-state index contributed by atoms with van der Waals surface area (Å²) >= 11 is 1.47. The molecular formula is C19H21N3O3S. The second-order valence-corrected chi connectivity index (χ2v) is 6.75. The summed E-state index contributed by atoms with van der Waals surface area (Å²) in [5, 5.41) is 8.77. The summed E-state index contributed by atoms with van der Waals surface area (Å²) in [4.78, 5) is 4.49. The second kappa shape index (κ2) is 8.23. The number of thioether (sulfide) groups is 1. The molecule has 0 N–H and O–H groups in total. The summed E-state index contributed by atoms with van der Waals surface area (Å²) in [6.07, 6.45) is 2.39. The van der Waals surface area contributed by atoms with E-state index in [1.165, 1.54) is 11.8 Å². The lowest BCUT2D eigenvalue weighted by atomic mass is 10.1. The average Bonchev–Trinajstić information content (AvgIpc) is 3.09. The third-order valence-electron chi connectivity index (χ3n) is 4.02. The molecule has 0 bridgehead atoms. The highest BCUT2D eigenvalue weighted by molar-refractivity contribution is 7.98. The molecule has 3 rings (SSSR count). The Hall–Kier alpha value is -2.54. The molecule has 0 saturated carbocycles. The Bertz CT molecular complexity index is 895. The Balaban J connectivity index is 1.66. The van der Waals surface area contributed by atoms with Gasteiger partial charge in [0.1, 0.15) is 11.5 Å². The molecule has 0 aliphatic rings. The van der Waals surface area contributed by atoms with Gasteiger partial charge in [0.2, 0.25) is 5.89 Å². The molecule has 0 saturated heterocycles. The zero-order chi connectivity index (χ0) is 18.5. The Kier molecular flexibility index (Phi) is 5.78. The smallest absolute Gasteiger partial charge is 0.276 e. The third kappa shape index (κ3) is 4.16. The highest BCUT2D eigenvalue weighted by Crippen LogP contribution is 2.29. The molecule has 0 aliphatic heterocycles. The summed E-state index contributed by atoms with van der Waals surface area (Å²) < 4.78 is 16.4. The first-order chi connectivity index (χ1) is 12.6. The van der Waals surface area contributed by atoms with Gasteiger partial charge in [-0.2, -0.15) is 0 Å². The van der Waals surface area contributed by atoms with Gasteiger partial charge in [-0.25, -0.2) is 0 Å². The van der Waals surface area contributed by atoms with Crippen molar-refractivity contribution in [3.63, 3.8) is 0 Å². The summed E-state index contributed by atoms with van der Waals surface area (Å²) in [5.74, 6) is 2.90. The van der Waals surface area contributed by atoms with E-state index in [2.05, 4.69) is 15.2 Å². The van der Waals surface area contributed by atoms with E-state index in [-0.39, 0.29) is 0 Å². The lowest BCUT2D eigenvalue weighted by molar-refractivity contribution is 0.407. The Morgan fingerprint density at radius 3 is 2.73 bits per heavy atom. The van der Waals surface area contributed by atoms with Gasteiger partial charge < -0.3 is 13.9 Å². The van der Waals surface area contributed by atoms with Crippen LogP contribution >= 0.6 is 11.8 Å². The summed E-state index contributed by atoms with van der Waals surface area (Å²) in [6, 6.07) is 7.82. The van der Waals surface area contributed by atoms with E-state index < -0.39 is 0 Å². The molecule has 7 heteroatoms. The Labute approximate surface area is 157 Å². The van der Waals surface area contributed by atoms with E-state index in [0.29, 0.717) is 23.3 Å². The number of hydrogen-bond acceptors (Lipinski definition) is 7.